The van der Waals surface area contributed by atoms with E-state index in [9.17, 15) is 0 Å². The Morgan fingerprint density at radius 3 is 2.85 bits per heavy atom. The number of hydrogen-bond acceptors (Lipinski definition) is 2. The van der Waals surface area contributed by atoms with Crippen molar-refractivity contribution in [1.29, 1.82) is 0 Å². The molecule has 1 aliphatic carbocycles. The van der Waals surface area contributed by atoms with Crippen LogP contribution < -0.4 is 5.73 Å². The van der Waals surface area contributed by atoms with E-state index < -0.39 is 0 Å². The van der Waals surface area contributed by atoms with Crippen LogP contribution in [0.15, 0.2) is 24.5 Å². The average molecular weight is 176 g/mol. The van der Waals surface area contributed by atoms with E-state index in [1.807, 2.05) is 18.5 Å². The molecule has 0 aromatic carbocycles. The third-order valence-corrected chi connectivity index (χ3v) is 3.06. The van der Waals surface area contributed by atoms with Crippen molar-refractivity contribution in [2.75, 3.05) is 6.54 Å². The molecule has 1 heterocycles. The molecule has 13 heavy (non-hydrogen) atoms. The van der Waals surface area contributed by atoms with E-state index in [0.29, 0.717) is 5.41 Å². The van der Waals surface area contributed by atoms with Crippen molar-refractivity contribution in [3.05, 3.63) is 30.1 Å². The van der Waals surface area contributed by atoms with Gasteiger partial charge in [0.05, 0.1) is 0 Å². The van der Waals surface area contributed by atoms with Crippen LogP contribution in [0.1, 0.15) is 24.8 Å². The molecule has 0 bridgehead atoms. The summed E-state index contributed by atoms with van der Waals surface area (Å²) in [4.78, 5) is 4.10. The number of hydrogen-bond donors (Lipinski definition) is 1. The van der Waals surface area contributed by atoms with Crippen LogP contribution in [0, 0.1) is 5.41 Å². The molecule has 2 heteroatoms. The highest BCUT2D eigenvalue weighted by Crippen LogP contribution is 2.48. The van der Waals surface area contributed by atoms with E-state index in [4.69, 9.17) is 5.73 Å². The molecule has 0 unspecified atom stereocenters. The van der Waals surface area contributed by atoms with E-state index in [1.54, 1.807) is 0 Å². The van der Waals surface area contributed by atoms with Gasteiger partial charge in [-0.05, 0) is 49.3 Å². The van der Waals surface area contributed by atoms with Crippen LogP contribution in [0.3, 0.4) is 0 Å². The Morgan fingerprint density at radius 1 is 1.46 bits per heavy atom. The fourth-order valence-electron chi connectivity index (χ4n) is 1.69. The largest absolute Gasteiger partial charge is 0.330 e. The number of rotatable bonds is 4. The molecule has 0 radical (unpaired) electrons. The van der Waals surface area contributed by atoms with E-state index in [-0.39, 0.29) is 0 Å². The quantitative estimate of drug-likeness (QED) is 0.759. The first kappa shape index (κ1) is 8.70. The summed E-state index contributed by atoms with van der Waals surface area (Å²) in [6.45, 7) is 0.854. The highest BCUT2D eigenvalue weighted by Gasteiger charge is 2.40. The first-order chi connectivity index (χ1) is 6.35. The number of aromatic nitrogens is 1. The SMILES string of the molecule is NCC1(CCc2cccnc2)CC1. The minimum atomic E-state index is 0.496. The van der Waals surface area contributed by atoms with Gasteiger partial charge in [0.2, 0.25) is 0 Å². The molecule has 1 saturated carbocycles. The van der Waals surface area contributed by atoms with Crippen LogP contribution in [0.25, 0.3) is 0 Å². The van der Waals surface area contributed by atoms with Gasteiger partial charge in [-0.3, -0.25) is 4.98 Å². The number of nitrogens with two attached hydrogens (primary N) is 1. The molecular formula is C11H16N2. The summed E-state index contributed by atoms with van der Waals surface area (Å²) in [5, 5.41) is 0. The standard InChI is InChI=1S/C11H16N2/c12-9-11(5-6-11)4-3-10-2-1-7-13-8-10/h1-2,7-8H,3-6,9,12H2. The van der Waals surface area contributed by atoms with Crippen molar-refractivity contribution >= 4 is 0 Å². The second-order valence-corrected chi connectivity index (χ2v) is 4.07. The molecule has 70 valence electrons. The van der Waals surface area contributed by atoms with Gasteiger partial charge in [0, 0.05) is 12.4 Å². The summed E-state index contributed by atoms with van der Waals surface area (Å²) in [5.41, 5.74) is 7.55. The Kier molecular flexibility index (Phi) is 2.32. The smallest absolute Gasteiger partial charge is 0.0299 e. The van der Waals surface area contributed by atoms with Crippen molar-refractivity contribution in [3.8, 4) is 0 Å². The van der Waals surface area contributed by atoms with Gasteiger partial charge < -0.3 is 5.73 Å². The number of aryl methyl sites for hydroxylation is 1. The molecule has 0 aliphatic heterocycles. The molecule has 1 aliphatic rings. The topological polar surface area (TPSA) is 38.9 Å². The Morgan fingerprint density at radius 2 is 2.31 bits per heavy atom. The molecule has 2 rings (SSSR count). The van der Waals surface area contributed by atoms with Gasteiger partial charge in [0.15, 0.2) is 0 Å². The first-order valence-corrected chi connectivity index (χ1v) is 4.94. The Labute approximate surface area is 79.2 Å². The maximum absolute atomic E-state index is 5.72. The van der Waals surface area contributed by atoms with Crippen LogP contribution in [-0.2, 0) is 6.42 Å². The summed E-state index contributed by atoms with van der Waals surface area (Å²) in [6, 6.07) is 4.14. The second-order valence-electron chi connectivity index (χ2n) is 4.07. The molecule has 1 aromatic rings. The highest BCUT2D eigenvalue weighted by molar-refractivity contribution is 5.10. The van der Waals surface area contributed by atoms with Gasteiger partial charge in [-0.25, -0.2) is 0 Å². The summed E-state index contributed by atoms with van der Waals surface area (Å²) in [5.74, 6) is 0. The zero-order valence-electron chi connectivity index (χ0n) is 7.87. The maximum atomic E-state index is 5.72. The lowest BCUT2D eigenvalue weighted by molar-refractivity contribution is 0.478. The van der Waals surface area contributed by atoms with Crippen LogP contribution in [0.4, 0.5) is 0 Å². The van der Waals surface area contributed by atoms with Crippen LogP contribution in [-0.4, -0.2) is 11.5 Å². The van der Waals surface area contributed by atoms with Crippen molar-refractivity contribution in [2.45, 2.75) is 25.7 Å². The zero-order chi connectivity index (χ0) is 9.15. The Balaban J connectivity index is 1.86. The molecule has 2 nitrogen and oxygen atoms in total. The summed E-state index contributed by atoms with van der Waals surface area (Å²) in [6.07, 6.45) is 8.78. The normalized spacial score (nSPS) is 18.5. The predicted octanol–water partition coefficient (Wildman–Crippen LogP) is 1.75. The lowest BCUT2D eigenvalue weighted by Gasteiger charge is -2.10. The fraction of sp³-hybridized carbons (Fsp3) is 0.545. The van der Waals surface area contributed by atoms with Crippen molar-refractivity contribution in [2.24, 2.45) is 11.1 Å². The summed E-state index contributed by atoms with van der Waals surface area (Å²) in [7, 11) is 0. The predicted molar refractivity (Wildman–Crippen MR) is 53.3 cm³/mol. The van der Waals surface area contributed by atoms with Crippen molar-refractivity contribution in [3.63, 3.8) is 0 Å². The van der Waals surface area contributed by atoms with Gasteiger partial charge in [-0.15, -0.1) is 0 Å². The van der Waals surface area contributed by atoms with Crippen LogP contribution >= 0.6 is 0 Å². The minimum absolute atomic E-state index is 0.496. The number of nitrogens with zero attached hydrogens (tertiary/aromatic N) is 1. The van der Waals surface area contributed by atoms with Gasteiger partial charge in [0.1, 0.15) is 0 Å². The van der Waals surface area contributed by atoms with Gasteiger partial charge in [0.25, 0.3) is 0 Å². The Hall–Kier alpha value is -0.890. The van der Waals surface area contributed by atoms with E-state index in [1.165, 1.54) is 24.8 Å². The molecule has 0 atom stereocenters. The van der Waals surface area contributed by atoms with E-state index in [2.05, 4.69) is 11.1 Å². The molecule has 0 amide bonds. The summed E-state index contributed by atoms with van der Waals surface area (Å²) < 4.78 is 0. The lowest BCUT2D eigenvalue weighted by Crippen LogP contribution is -2.15. The third kappa shape index (κ3) is 2.07. The highest BCUT2D eigenvalue weighted by atomic mass is 14.7. The van der Waals surface area contributed by atoms with Gasteiger partial charge in [-0.2, -0.15) is 0 Å². The van der Waals surface area contributed by atoms with Crippen molar-refractivity contribution in [1.82, 2.24) is 4.98 Å². The minimum Gasteiger partial charge on any atom is -0.330 e. The van der Waals surface area contributed by atoms with E-state index >= 15 is 0 Å². The summed E-state index contributed by atoms with van der Waals surface area (Å²) >= 11 is 0. The Bertz CT molecular complexity index is 265. The molecule has 0 spiro atoms. The van der Waals surface area contributed by atoms with Crippen LogP contribution in [0.2, 0.25) is 0 Å². The average Bonchev–Trinajstić information content (AvgIpc) is 2.97. The number of pyridine rings is 1. The second kappa shape index (κ2) is 3.46. The van der Waals surface area contributed by atoms with E-state index in [0.717, 1.165) is 13.0 Å². The molecule has 1 fully saturated rings. The molecule has 2 N–H and O–H groups in total. The van der Waals surface area contributed by atoms with Crippen molar-refractivity contribution < 1.29 is 0 Å². The zero-order valence-corrected chi connectivity index (χ0v) is 7.87. The lowest BCUT2D eigenvalue weighted by atomic mass is 9.98. The molecule has 0 saturated heterocycles. The van der Waals surface area contributed by atoms with Gasteiger partial charge in [-0.1, -0.05) is 6.07 Å². The molecular weight excluding hydrogens is 160 g/mol. The van der Waals surface area contributed by atoms with Gasteiger partial charge >= 0.3 is 0 Å². The maximum Gasteiger partial charge on any atom is 0.0299 e. The first-order valence-electron chi connectivity index (χ1n) is 4.94. The van der Waals surface area contributed by atoms with Crippen LogP contribution in [0.5, 0.6) is 0 Å². The third-order valence-electron chi connectivity index (χ3n) is 3.06. The monoisotopic (exact) mass is 176 g/mol. The fourth-order valence-corrected chi connectivity index (χ4v) is 1.69. The molecule has 1 aromatic heterocycles.